The highest BCUT2D eigenvalue weighted by Gasteiger charge is 2.20. The van der Waals surface area contributed by atoms with E-state index >= 15 is 0 Å². The number of nitrogens with zero attached hydrogens (tertiary/aromatic N) is 1. The van der Waals surface area contributed by atoms with E-state index in [9.17, 15) is 13.2 Å². The second-order valence-electron chi connectivity index (χ2n) is 4.65. The fourth-order valence-electron chi connectivity index (χ4n) is 1.98. The number of sulfone groups is 1. The normalized spacial score (nSPS) is 19.9. The van der Waals surface area contributed by atoms with E-state index in [0.717, 1.165) is 32.1 Å². The molecular weight excluding hydrogens is 266 g/mol. The molecule has 0 bridgehead atoms. The summed E-state index contributed by atoms with van der Waals surface area (Å²) < 4.78 is 22.5. The van der Waals surface area contributed by atoms with E-state index in [4.69, 9.17) is 0 Å². The molecule has 2 N–H and O–H groups in total. The van der Waals surface area contributed by atoms with Crippen LogP contribution in [0.5, 0.6) is 0 Å². The van der Waals surface area contributed by atoms with Crippen molar-refractivity contribution in [2.24, 2.45) is 0 Å². The molecule has 0 spiro atoms. The van der Waals surface area contributed by atoms with Crippen molar-refractivity contribution in [2.75, 3.05) is 18.1 Å². The molecule has 1 aliphatic rings. The van der Waals surface area contributed by atoms with E-state index in [2.05, 4.69) is 15.6 Å². The number of pyridine rings is 1. The van der Waals surface area contributed by atoms with E-state index in [-0.39, 0.29) is 17.0 Å². The Hall–Kier alpha value is -1.47. The first-order valence-corrected chi connectivity index (χ1v) is 8.06. The molecule has 1 saturated heterocycles. The quantitative estimate of drug-likeness (QED) is 0.846. The number of hydrogen-bond donors (Lipinski definition) is 2. The van der Waals surface area contributed by atoms with Gasteiger partial charge in [-0.25, -0.2) is 13.4 Å². The Kier molecular flexibility index (Phi) is 4.16. The van der Waals surface area contributed by atoms with Crippen LogP contribution in [0.3, 0.4) is 0 Å². The van der Waals surface area contributed by atoms with Gasteiger partial charge in [-0.1, -0.05) is 6.42 Å². The van der Waals surface area contributed by atoms with Gasteiger partial charge in [0, 0.05) is 6.26 Å². The van der Waals surface area contributed by atoms with E-state index in [0.29, 0.717) is 5.69 Å². The highest BCUT2D eigenvalue weighted by atomic mass is 32.2. The third-order valence-electron chi connectivity index (χ3n) is 3.01. The van der Waals surface area contributed by atoms with Crippen molar-refractivity contribution in [1.29, 1.82) is 0 Å². The van der Waals surface area contributed by atoms with Crippen LogP contribution in [0.2, 0.25) is 0 Å². The maximum Gasteiger partial charge on any atom is 0.241 e. The van der Waals surface area contributed by atoms with Crippen LogP contribution in [0.1, 0.15) is 19.3 Å². The van der Waals surface area contributed by atoms with Crippen LogP contribution >= 0.6 is 0 Å². The van der Waals surface area contributed by atoms with Gasteiger partial charge in [0.15, 0.2) is 14.9 Å². The smallest absolute Gasteiger partial charge is 0.241 e. The molecule has 0 unspecified atom stereocenters. The summed E-state index contributed by atoms with van der Waals surface area (Å²) in [6.07, 6.45) is 5.40. The number of carbonyl (C=O) groups is 1. The maximum atomic E-state index is 11.9. The Morgan fingerprint density at radius 2 is 2.21 bits per heavy atom. The van der Waals surface area contributed by atoms with Gasteiger partial charge < -0.3 is 10.6 Å². The maximum absolute atomic E-state index is 11.9. The molecule has 1 amide bonds. The second-order valence-corrected chi connectivity index (χ2v) is 6.61. The first-order chi connectivity index (χ1) is 8.97. The molecule has 1 aromatic heterocycles. The number of anilines is 1. The average molecular weight is 283 g/mol. The van der Waals surface area contributed by atoms with Crippen molar-refractivity contribution in [3.63, 3.8) is 0 Å². The molecule has 1 aliphatic heterocycles. The van der Waals surface area contributed by atoms with Gasteiger partial charge in [0.2, 0.25) is 5.91 Å². The molecule has 0 radical (unpaired) electrons. The highest BCUT2D eigenvalue weighted by Crippen LogP contribution is 2.13. The van der Waals surface area contributed by atoms with Crippen molar-refractivity contribution in [2.45, 2.75) is 30.3 Å². The summed E-state index contributed by atoms with van der Waals surface area (Å²) >= 11 is 0. The third kappa shape index (κ3) is 3.74. The van der Waals surface area contributed by atoms with Crippen LogP contribution in [0.15, 0.2) is 23.4 Å². The van der Waals surface area contributed by atoms with Crippen LogP contribution in [-0.4, -0.2) is 38.2 Å². The van der Waals surface area contributed by atoms with E-state index in [1.54, 1.807) is 6.07 Å². The summed E-state index contributed by atoms with van der Waals surface area (Å²) in [7, 11) is -3.30. The first kappa shape index (κ1) is 14.0. The molecule has 0 saturated carbocycles. The Balaban J connectivity index is 2.01. The predicted molar refractivity (Wildman–Crippen MR) is 71.6 cm³/mol. The molecule has 2 rings (SSSR count). The summed E-state index contributed by atoms with van der Waals surface area (Å²) in [5.74, 6) is -0.103. The molecule has 2 heterocycles. The number of carbonyl (C=O) groups excluding carboxylic acids is 1. The molecule has 7 heteroatoms. The zero-order chi connectivity index (χ0) is 13.9. The van der Waals surface area contributed by atoms with Crippen LogP contribution in [0.25, 0.3) is 0 Å². The first-order valence-electron chi connectivity index (χ1n) is 6.17. The van der Waals surface area contributed by atoms with Gasteiger partial charge in [0.1, 0.15) is 0 Å². The molecule has 1 aromatic rings. The fourth-order valence-corrected chi connectivity index (χ4v) is 2.54. The lowest BCUT2D eigenvalue weighted by atomic mass is 10.0. The predicted octanol–water partition coefficient (Wildman–Crippen LogP) is 0.566. The molecule has 1 atom stereocenters. The fraction of sp³-hybridized carbons (Fsp3) is 0.500. The van der Waals surface area contributed by atoms with Gasteiger partial charge in [-0.3, -0.25) is 4.79 Å². The molecule has 6 nitrogen and oxygen atoms in total. The van der Waals surface area contributed by atoms with Gasteiger partial charge in [-0.15, -0.1) is 0 Å². The largest absolute Gasteiger partial charge is 0.323 e. The summed E-state index contributed by atoms with van der Waals surface area (Å²) in [5, 5.41) is 5.88. The molecule has 19 heavy (non-hydrogen) atoms. The minimum absolute atomic E-state index is 0.00119. The number of aromatic nitrogens is 1. The Bertz CT molecular complexity index is 548. The minimum atomic E-state index is -3.30. The Labute approximate surface area is 112 Å². The number of piperidine rings is 1. The zero-order valence-corrected chi connectivity index (χ0v) is 11.5. The van der Waals surface area contributed by atoms with Gasteiger partial charge >= 0.3 is 0 Å². The van der Waals surface area contributed by atoms with E-state index in [1.807, 2.05) is 0 Å². The number of amides is 1. The average Bonchev–Trinajstić information content (AvgIpc) is 2.39. The molecular formula is C12H17N3O3S. The number of rotatable bonds is 3. The highest BCUT2D eigenvalue weighted by molar-refractivity contribution is 7.90. The van der Waals surface area contributed by atoms with Gasteiger partial charge in [0.25, 0.3) is 0 Å². The van der Waals surface area contributed by atoms with Gasteiger partial charge in [-0.05, 0) is 31.5 Å². The summed E-state index contributed by atoms with van der Waals surface area (Å²) in [6.45, 7) is 0.851. The topological polar surface area (TPSA) is 88.2 Å². The summed E-state index contributed by atoms with van der Waals surface area (Å²) in [6, 6.07) is 2.76. The molecule has 0 aliphatic carbocycles. The lowest BCUT2D eigenvalue weighted by Gasteiger charge is -2.22. The SMILES string of the molecule is CS(=O)(=O)c1ccc(NC(=O)[C@H]2CCCCN2)cn1. The molecule has 104 valence electrons. The monoisotopic (exact) mass is 283 g/mol. The van der Waals surface area contributed by atoms with Crippen molar-refractivity contribution in [3.05, 3.63) is 18.3 Å². The summed E-state index contributed by atoms with van der Waals surface area (Å²) in [5.41, 5.74) is 0.504. The van der Waals surface area contributed by atoms with Gasteiger partial charge in [0.05, 0.1) is 17.9 Å². The van der Waals surface area contributed by atoms with E-state index in [1.165, 1.54) is 12.3 Å². The number of nitrogens with one attached hydrogen (secondary N) is 2. The standard InChI is InChI=1S/C12H17N3O3S/c1-19(17,18)11-6-5-9(8-14-11)15-12(16)10-4-2-3-7-13-10/h5-6,8,10,13H,2-4,7H2,1H3,(H,15,16)/t10-/m1/s1. The lowest BCUT2D eigenvalue weighted by molar-refractivity contribution is -0.118. The summed E-state index contributed by atoms with van der Waals surface area (Å²) in [4.78, 5) is 15.8. The molecule has 0 aromatic carbocycles. The zero-order valence-electron chi connectivity index (χ0n) is 10.7. The van der Waals surface area contributed by atoms with Crippen molar-refractivity contribution >= 4 is 21.4 Å². The number of hydrogen-bond acceptors (Lipinski definition) is 5. The lowest BCUT2D eigenvalue weighted by Crippen LogP contribution is -2.43. The van der Waals surface area contributed by atoms with Crippen molar-refractivity contribution in [3.8, 4) is 0 Å². The second kappa shape index (κ2) is 5.66. The van der Waals surface area contributed by atoms with E-state index < -0.39 is 9.84 Å². The van der Waals surface area contributed by atoms with Crippen molar-refractivity contribution in [1.82, 2.24) is 10.3 Å². The van der Waals surface area contributed by atoms with Crippen LogP contribution in [0, 0.1) is 0 Å². The van der Waals surface area contributed by atoms with Crippen molar-refractivity contribution < 1.29 is 13.2 Å². The van der Waals surface area contributed by atoms with Crippen LogP contribution in [0.4, 0.5) is 5.69 Å². The Morgan fingerprint density at radius 3 is 2.74 bits per heavy atom. The Morgan fingerprint density at radius 1 is 1.42 bits per heavy atom. The minimum Gasteiger partial charge on any atom is -0.323 e. The van der Waals surface area contributed by atoms with Crippen LogP contribution < -0.4 is 10.6 Å². The molecule has 1 fully saturated rings. The third-order valence-corrected chi connectivity index (χ3v) is 4.01. The van der Waals surface area contributed by atoms with Crippen LogP contribution in [-0.2, 0) is 14.6 Å². The van der Waals surface area contributed by atoms with Gasteiger partial charge in [-0.2, -0.15) is 0 Å².